The van der Waals surface area contributed by atoms with Crippen molar-refractivity contribution in [2.75, 3.05) is 6.61 Å². The Morgan fingerprint density at radius 1 is 1.58 bits per heavy atom. The number of nitro groups is 1. The molecule has 104 valence electrons. The van der Waals surface area contributed by atoms with Crippen molar-refractivity contribution in [2.45, 2.75) is 25.9 Å². The van der Waals surface area contributed by atoms with Crippen molar-refractivity contribution >= 4 is 23.3 Å². The summed E-state index contributed by atoms with van der Waals surface area (Å²) in [4.78, 5) is 21.4. The Hall–Kier alpha value is -1.66. The number of carbonyl (C=O) groups excluding carboxylic acids is 1. The maximum atomic E-state index is 11.2. The van der Waals surface area contributed by atoms with Gasteiger partial charge in [-0.2, -0.15) is 0 Å². The first-order chi connectivity index (χ1) is 8.95. The number of hydrogen-bond acceptors (Lipinski definition) is 5. The highest BCUT2D eigenvalue weighted by Crippen LogP contribution is 2.30. The van der Waals surface area contributed by atoms with E-state index in [1.165, 1.54) is 18.2 Å². The molecule has 0 saturated heterocycles. The van der Waals surface area contributed by atoms with Crippen LogP contribution in [0.1, 0.15) is 31.4 Å². The van der Waals surface area contributed by atoms with Gasteiger partial charge in [0.05, 0.1) is 23.2 Å². The van der Waals surface area contributed by atoms with E-state index in [0.717, 1.165) is 0 Å². The zero-order valence-electron chi connectivity index (χ0n) is 10.3. The average Bonchev–Trinajstić information content (AvgIpc) is 2.35. The lowest BCUT2D eigenvalue weighted by molar-refractivity contribution is -0.386. The summed E-state index contributed by atoms with van der Waals surface area (Å²) < 4.78 is 4.72. The second kappa shape index (κ2) is 7.06. The quantitative estimate of drug-likeness (QED) is 0.493. The number of hydrogen-bond donors (Lipinski definition) is 1. The standard InChI is InChI=1S/C12H14ClNO5/c1-2-19-12(16)6-5-11(15)9-7-8(13)3-4-10(9)14(17)18/h3-4,7,11,15H,2,5-6H2,1H3. The van der Waals surface area contributed by atoms with Crippen molar-refractivity contribution in [1.82, 2.24) is 0 Å². The van der Waals surface area contributed by atoms with E-state index in [2.05, 4.69) is 0 Å². The van der Waals surface area contributed by atoms with Crippen LogP contribution in [0.25, 0.3) is 0 Å². The SMILES string of the molecule is CCOC(=O)CCC(O)c1cc(Cl)ccc1[N+](=O)[O-]. The Kier molecular flexibility index (Phi) is 5.72. The number of aliphatic hydroxyl groups is 1. The molecule has 0 spiro atoms. The highest BCUT2D eigenvalue weighted by molar-refractivity contribution is 6.30. The third-order valence-electron chi connectivity index (χ3n) is 2.47. The molecule has 1 N–H and O–H groups in total. The van der Waals surface area contributed by atoms with E-state index < -0.39 is 17.0 Å². The summed E-state index contributed by atoms with van der Waals surface area (Å²) in [7, 11) is 0. The lowest BCUT2D eigenvalue weighted by atomic mass is 10.0. The van der Waals surface area contributed by atoms with Crippen molar-refractivity contribution in [2.24, 2.45) is 0 Å². The molecule has 1 aromatic carbocycles. The third-order valence-corrected chi connectivity index (χ3v) is 2.71. The molecule has 0 aliphatic rings. The van der Waals surface area contributed by atoms with Crippen molar-refractivity contribution in [3.8, 4) is 0 Å². The van der Waals surface area contributed by atoms with E-state index in [9.17, 15) is 20.0 Å². The summed E-state index contributed by atoms with van der Waals surface area (Å²) in [5.74, 6) is -0.453. The van der Waals surface area contributed by atoms with E-state index in [0.29, 0.717) is 0 Å². The molecule has 6 nitrogen and oxygen atoms in total. The molecule has 1 atom stereocenters. The Morgan fingerprint density at radius 3 is 2.84 bits per heavy atom. The maximum Gasteiger partial charge on any atom is 0.305 e. The second-order valence-electron chi connectivity index (χ2n) is 3.82. The Balaban J connectivity index is 2.80. The minimum atomic E-state index is -1.14. The minimum Gasteiger partial charge on any atom is -0.466 e. The van der Waals surface area contributed by atoms with E-state index in [4.69, 9.17) is 16.3 Å². The molecule has 0 radical (unpaired) electrons. The van der Waals surface area contributed by atoms with Crippen LogP contribution in [0.3, 0.4) is 0 Å². The maximum absolute atomic E-state index is 11.2. The molecular formula is C12H14ClNO5. The van der Waals surface area contributed by atoms with Gasteiger partial charge in [0.15, 0.2) is 0 Å². The number of esters is 1. The highest BCUT2D eigenvalue weighted by Gasteiger charge is 2.21. The van der Waals surface area contributed by atoms with Crippen LogP contribution in [0.4, 0.5) is 5.69 Å². The van der Waals surface area contributed by atoms with Crippen molar-refractivity contribution in [1.29, 1.82) is 0 Å². The first kappa shape index (κ1) is 15.4. The highest BCUT2D eigenvalue weighted by atomic mass is 35.5. The minimum absolute atomic E-state index is 0.0152. The molecule has 0 amide bonds. The van der Waals surface area contributed by atoms with Gasteiger partial charge >= 0.3 is 5.97 Å². The molecular weight excluding hydrogens is 274 g/mol. The van der Waals surface area contributed by atoms with Crippen LogP contribution in [-0.4, -0.2) is 22.6 Å². The van der Waals surface area contributed by atoms with Gasteiger partial charge in [-0.15, -0.1) is 0 Å². The fourth-order valence-corrected chi connectivity index (χ4v) is 1.78. The first-order valence-corrected chi connectivity index (χ1v) is 6.11. The van der Waals surface area contributed by atoms with Gasteiger partial charge in [0.2, 0.25) is 0 Å². The summed E-state index contributed by atoms with van der Waals surface area (Å²) in [5, 5.41) is 21.0. The predicted molar refractivity (Wildman–Crippen MR) is 68.9 cm³/mol. The van der Waals surface area contributed by atoms with Gasteiger partial charge in [-0.1, -0.05) is 11.6 Å². The van der Waals surface area contributed by atoms with Crippen LogP contribution in [0, 0.1) is 10.1 Å². The van der Waals surface area contributed by atoms with E-state index in [1.807, 2.05) is 0 Å². The van der Waals surface area contributed by atoms with Gasteiger partial charge in [0.1, 0.15) is 0 Å². The van der Waals surface area contributed by atoms with Crippen LogP contribution < -0.4 is 0 Å². The molecule has 0 bridgehead atoms. The largest absolute Gasteiger partial charge is 0.466 e. The first-order valence-electron chi connectivity index (χ1n) is 5.73. The van der Waals surface area contributed by atoms with Crippen LogP contribution in [-0.2, 0) is 9.53 Å². The number of nitro benzene ring substituents is 1. The lowest BCUT2D eigenvalue weighted by Crippen LogP contribution is -2.08. The van der Waals surface area contributed by atoms with Crippen LogP contribution in [0.5, 0.6) is 0 Å². The number of aliphatic hydroxyl groups excluding tert-OH is 1. The van der Waals surface area contributed by atoms with Gasteiger partial charge in [0.25, 0.3) is 5.69 Å². The van der Waals surface area contributed by atoms with E-state index >= 15 is 0 Å². The normalized spacial score (nSPS) is 11.9. The number of halogens is 1. The molecule has 19 heavy (non-hydrogen) atoms. The molecule has 0 saturated carbocycles. The third kappa shape index (κ3) is 4.50. The van der Waals surface area contributed by atoms with Crippen LogP contribution in [0.2, 0.25) is 5.02 Å². The molecule has 7 heteroatoms. The van der Waals surface area contributed by atoms with E-state index in [-0.39, 0.29) is 35.7 Å². The molecule has 1 rings (SSSR count). The van der Waals surface area contributed by atoms with Gasteiger partial charge in [-0.25, -0.2) is 0 Å². The fourth-order valence-electron chi connectivity index (χ4n) is 1.60. The number of carbonyl (C=O) groups is 1. The molecule has 1 aromatic rings. The zero-order valence-corrected chi connectivity index (χ0v) is 11.1. The summed E-state index contributed by atoms with van der Waals surface area (Å²) in [6, 6.07) is 3.93. The average molecular weight is 288 g/mol. The topological polar surface area (TPSA) is 89.7 Å². The molecule has 0 aliphatic heterocycles. The number of benzene rings is 1. The Morgan fingerprint density at radius 2 is 2.26 bits per heavy atom. The summed E-state index contributed by atoms with van der Waals surface area (Å²) in [6.07, 6.45) is -1.11. The van der Waals surface area contributed by atoms with Crippen molar-refractivity contribution < 1.29 is 19.6 Å². The summed E-state index contributed by atoms with van der Waals surface area (Å²) in [6.45, 7) is 1.93. The number of rotatable bonds is 6. The van der Waals surface area contributed by atoms with Gasteiger partial charge in [-0.05, 0) is 25.5 Å². The zero-order chi connectivity index (χ0) is 14.4. The Labute approximate surface area is 115 Å². The van der Waals surface area contributed by atoms with Crippen LogP contribution in [0.15, 0.2) is 18.2 Å². The van der Waals surface area contributed by atoms with Gasteiger partial charge in [-0.3, -0.25) is 14.9 Å². The van der Waals surface area contributed by atoms with Gasteiger partial charge < -0.3 is 9.84 Å². The number of nitrogens with zero attached hydrogens (tertiary/aromatic N) is 1. The number of ether oxygens (including phenoxy) is 1. The summed E-state index contributed by atoms with van der Waals surface area (Å²) in [5.41, 5.74) is -0.123. The lowest BCUT2D eigenvalue weighted by Gasteiger charge is -2.11. The monoisotopic (exact) mass is 287 g/mol. The molecule has 0 heterocycles. The van der Waals surface area contributed by atoms with E-state index in [1.54, 1.807) is 6.92 Å². The fraction of sp³-hybridized carbons (Fsp3) is 0.417. The predicted octanol–water partition coefficient (Wildman–Crippen LogP) is 2.62. The van der Waals surface area contributed by atoms with Crippen molar-refractivity contribution in [3.05, 3.63) is 38.9 Å². The summed E-state index contributed by atoms with van der Waals surface area (Å²) >= 11 is 5.75. The molecule has 1 unspecified atom stereocenters. The van der Waals surface area contributed by atoms with Crippen LogP contribution >= 0.6 is 11.6 Å². The molecule has 0 fully saturated rings. The Bertz CT molecular complexity index is 477. The van der Waals surface area contributed by atoms with Gasteiger partial charge in [0, 0.05) is 17.5 Å². The van der Waals surface area contributed by atoms with Crippen molar-refractivity contribution in [3.63, 3.8) is 0 Å². The second-order valence-corrected chi connectivity index (χ2v) is 4.26. The molecule has 0 aliphatic carbocycles. The smallest absolute Gasteiger partial charge is 0.305 e. The molecule has 0 aromatic heterocycles.